The van der Waals surface area contributed by atoms with Gasteiger partial charge < -0.3 is 10.2 Å². The predicted molar refractivity (Wildman–Crippen MR) is 84.3 cm³/mol. The zero-order valence-corrected chi connectivity index (χ0v) is 12.2. The summed E-state index contributed by atoms with van der Waals surface area (Å²) < 4.78 is 0. The van der Waals surface area contributed by atoms with Crippen LogP contribution in [0.25, 0.3) is 0 Å². The molecule has 2 rings (SSSR count). The summed E-state index contributed by atoms with van der Waals surface area (Å²) in [5.74, 6) is 0.0365. The van der Waals surface area contributed by atoms with Crippen LogP contribution in [0.5, 0.6) is 0 Å². The quantitative estimate of drug-likeness (QED) is 0.922. The predicted octanol–water partition coefficient (Wildman–Crippen LogP) is 3.38. The summed E-state index contributed by atoms with van der Waals surface area (Å²) in [7, 11) is 1.79. The fourth-order valence-electron chi connectivity index (χ4n) is 1.94. The first-order valence-corrected chi connectivity index (χ1v) is 6.70. The average molecular weight is 268 g/mol. The maximum atomic E-state index is 12.1. The Bertz CT molecular complexity index is 593. The van der Waals surface area contributed by atoms with E-state index >= 15 is 0 Å². The highest BCUT2D eigenvalue weighted by atomic mass is 16.2. The van der Waals surface area contributed by atoms with Crippen molar-refractivity contribution in [3.8, 4) is 0 Å². The first-order chi connectivity index (χ1) is 9.58. The van der Waals surface area contributed by atoms with Crippen LogP contribution in [-0.4, -0.2) is 19.5 Å². The summed E-state index contributed by atoms with van der Waals surface area (Å²) in [6.07, 6.45) is 0. The number of likely N-dealkylation sites (N-methyl/N-ethyl adjacent to an activating group) is 1. The van der Waals surface area contributed by atoms with Gasteiger partial charge in [0.05, 0.1) is 6.54 Å². The molecule has 2 aromatic carbocycles. The van der Waals surface area contributed by atoms with Gasteiger partial charge in [0, 0.05) is 18.4 Å². The van der Waals surface area contributed by atoms with Crippen LogP contribution < -0.4 is 10.2 Å². The number of amides is 1. The zero-order chi connectivity index (χ0) is 14.5. The molecule has 2 aromatic rings. The fourth-order valence-corrected chi connectivity index (χ4v) is 1.94. The van der Waals surface area contributed by atoms with Gasteiger partial charge in [-0.25, -0.2) is 0 Å². The summed E-state index contributed by atoms with van der Waals surface area (Å²) in [4.78, 5) is 13.8. The number of para-hydroxylation sites is 1. The Morgan fingerprint density at radius 1 is 1.05 bits per heavy atom. The van der Waals surface area contributed by atoms with Gasteiger partial charge in [0.15, 0.2) is 0 Å². The molecule has 0 bridgehead atoms. The molecule has 20 heavy (non-hydrogen) atoms. The van der Waals surface area contributed by atoms with Crippen LogP contribution in [0.3, 0.4) is 0 Å². The Morgan fingerprint density at radius 3 is 2.40 bits per heavy atom. The van der Waals surface area contributed by atoms with Crippen LogP contribution in [0.15, 0.2) is 48.5 Å². The highest BCUT2D eigenvalue weighted by Gasteiger charge is 2.10. The molecule has 0 unspecified atom stereocenters. The summed E-state index contributed by atoms with van der Waals surface area (Å²) in [5, 5.41) is 3.17. The number of hydrogen-bond acceptors (Lipinski definition) is 2. The second-order valence-corrected chi connectivity index (χ2v) is 4.94. The van der Waals surface area contributed by atoms with Crippen molar-refractivity contribution in [2.24, 2.45) is 0 Å². The van der Waals surface area contributed by atoms with Crippen LogP contribution in [0, 0.1) is 13.8 Å². The van der Waals surface area contributed by atoms with E-state index in [1.807, 2.05) is 36.4 Å². The minimum absolute atomic E-state index is 0.0365. The molecule has 0 aliphatic heterocycles. The minimum atomic E-state index is 0.0365. The van der Waals surface area contributed by atoms with E-state index in [9.17, 15) is 4.79 Å². The highest BCUT2D eigenvalue weighted by Crippen LogP contribution is 2.15. The number of hydrogen-bond donors (Lipinski definition) is 1. The van der Waals surface area contributed by atoms with Crippen LogP contribution in [0.2, 0.25) is 0 Å². The molecule has 1 N–H and O–H groups in total. The molecule has 0 spiro atoms. The molecule has 0 saturated heterocycles. The summed E-state index contributed by atoms with van der Waals surface area (Å²) in [5.41, 5.74) is 4.35. The lowest BCUT2D eigenvalue weighted by atomic mass is 10.1. The van der Waals surface area contributed by atoms with E-state index in [1.54, 1.807) is 11.9 Å². The van der Waals surface area contributed by atoms with E-state index in [4.69, 9.17) is 0 Å². The first kappa shape index (κ1) is 14.1. The summed E-state index contributed by atoms with van der Waals surface area (Å²) in [6, 6.07) is 15.8. The largest absolute Gasteiger partial charge is 0.376 e. The van der Waals surface area contributed by atoms with Gasteiger partial charge in [-0.15, -0.1) is 0 Å². The zero-order valence-electron chi connectivity index (χ0n) is 12.2. The van der Waals surface area contributed by atoms with E-state index < -0.39 is 0 Å². The second-order valence-electron chi connectivity index (χ2n) is 4.94. The standard InChI is InChI=1S/C17H20N2O/c1-13-9-10-15(11-14(13)2)18-12-17(20)19(3)16-7-5-4-6-8-16/h4-11,18H,12H2,1-3H3. The number of nitrogens with one attached hydrogen (secondary N) is 1. The van der Waals surface area contributed by atoms with Crippen LogP contribution in [0.1, 0.15) is 11.1 Å². The van der Waals surface area contributed by atoms with Gasteiger partial charge in [-0.1, -0.05) is 24.3 Å². The lowest BCUT2D eigenvalue weighted by molar-refractivity contribution is -0.116. The molecule has 0 aliphatic carbocycles. The molecule has 0 radical (unpaired) electrons. The fraction of sp³-hybridized carbons (Fsp3) is 0.235. The van der Waals surface area contributed by atoms with Gasteiger partial charge in [-0.2, -0.15) is 0 Å². The van der Waals surface area contributed by atoms with E-state index in [1.165, 1.54) is 11.1 Å². The smallest absolute Gasteiger partial charge is 0.246 e. The highest BCUT2D eigenvalue weighted by molar-refractivity contribution is 5.95. The third kappa shape index (κ3) is 3.38. The van der Waals surface area contributed by atoms with E-state index in [-0.39, 0.29) is 12.5 Å². The maximum Gasteiger partial charge on any atom is 0.246 e. The monoisotopic (exact) mass is 268 g/mol. The molecule has 0 aliphatic rings. The Balaban J connectivity index is 1.96. The normalized spacial score (nSPS) is 10.2. The summed E-state index contributed by atoms with van der Waals surface area (Å²) in [6.45, 7) is 4.43. The van der Waals surface area contributed by atoms with Crippen molar-refractivity contribution < 1.29 is 4.79 Å². The van der Waals surface area contributed by atoms with Crippen molar-refractivity contribution in [3.05, 3.63) is 59.7 Å². The molecule has 0 atom stereocenters. The van der Waals surface area contributed by atoms with Crippen LogP contribution in [0.4, 0.5) is 11.4 Å². The second kappa shape index (κ2) is 6.24. The number of carbonyl (C=O) groups is 1. The van der Waals surface area contributed by atoms with E-state index in [2.05, 4.69) is 31.3 Å². The van der Waals surface area contributed by atoms with Gasteiger partial charge in [-0.3, -0.25) is 4.79 Å². The molecular formula is C17H20N2O. The Labute approximate surface area is 120 Å². The minimum Gasteiger partial charge on any atom is -0.376 e. The lowest BCUT2D eigenvalue weighted by Gasteiger charge is -2.18. The molecule has 0 saturated carbocycles. The number of benzene rings is 2. The lowest BCUT2D eigenvalue weighted by Crippen LogP contribution is -2.32. The SMILES string of the molecule is Cc1ccc(NCC(=O)N(C)c2ccccc2)cc1C. The molecule has 1 amide bonds. The number of carbonyl (C=O) groups excluding carboxylic acids is 1. The molecule has 0 fully saturated rings. The topological polar surface area (TPSA) is 32.3 Å². The molecular weight excluding hydrogens is 248 g/mol. The molecule has 104 valence electrons. The Kier molecular flexibility index (Phi) is 4.41. The summed E-state index contributed by atoms with van der Waals surface area (Å²) >= 11 is 0. The number of rotatable bonds is 4. The third-order valence-electron chi connectivity index (χ3n) is 3.47. The first-order valence-electron chi connectivity index (χ1n) is 6.70. The van der Waals surface area contributed by atoms with Crippen molar-refractivity contribution >= 4 is 17.3 Å². The molecule has 0 heterocycles. The van der Waals surface area contributed by atoms with Crippen LogP contribution in [-0.2, 0) is 4.79 Å². The molecule has 3 nitrogen and oxygen atoms in total. The van der Waals surface area contributed by atoms with Gasteiger partial charge in [-0.05, 0) is 49.2 Å². The van der Waals surface area contributed by atoms with E-state index in [0.29, 0.717) is 0 Å². The van der Waals surface area contributed by atoms with Crippen molar-refractivity contribution in [3.63, 3.8) is 0 Å². The maximum absolute atomic E-state index is 12.1. The van der Waals surface area contributed by atoms with Crippen LogP contribution >= 0.6 is 0 Å². The van der Waals surface area contributed by atoms with Gasteiger partial charge >= 0.3 is 0 Å². The van der Waals surface area contributed by atoms with Gasteiger partial charge in [0.25, 0.3) is 0 Å². The van der Waals surface area contributed by atoms with Crippen molar-refractivity contribution in [2.75, 3.05) is 23.8 Å². The van der Waals surface area contributed by atoms with Gasteiger partial charge in [0.1, 0.15) is 0 Å². The molecule has 0 aromatic heterocycles. The van der Waals surface area contributed by atoms with Crippen molar-refractivity contribution in [1.82, 2.24) is 0 Å². The van der Waals surface area contributed by atoms with E-state index in [0.717, 1.165) is 11.4 Å². The third-order valence-corrected chi connectivity index (χ3v) is 3.47. The number of nitrogens with zero attached hydrogens (tertiary/aromatic N) is 1. The Morgan fingerprint density at radius 2 is 1.75 bits per heavy atom. The Hall–Kier alpha value is -2.29. The van der Waals surface area contributed by atoms with Crippen molar-refractivity contribution in [1.29, 1.82) is 0 Å². The molecule has 3 heteroatoms. The number of anilines is 2. The van der Waals surface area contributed by atoms with Crippen molar-refractivity contribution in [2.45, 2.75) is 13.8 Å². The van der Waals surface area contributed by atoms with Gasteiger partial charge in [0.2, 0.25) is 5.91 Å². The average Bonchev–Trinajstić information content (AvgIpc) is 2.48. The number of aryl methyl sites for hydroxylation is 2.